The molecular weight excluding hydrogens is 601 g/mol. The molecule has 0 aliphatic heterocycles. The summed E-state index contributed by atoms with van der Waals surface area (Å²) in [6.07, 6.45) is 0.257. The first kappa shape index (κ1) is 18.4. The molecule has 0 bridgehead atoms. The summed E-state index contributed by atoms with van der Waals surface area (Å²) in [6, 6.07) is 3.98. The van der Waals surface area contributed by atoms with Crippen molar-refractivity contribution < 1.29 is 19.1 Å². The van der Waals surface area contributed by atoms with E-state index in [2.05, 4.69) is 67.8 Å². The minimum absolute atomic E-state index is 0.0218. The minimum atomic E-state index is -0.348. The van der Waals surface area contributed by atoms with Crippen LogP contribution >= 0.6 is 67.8 Å². The van der Waals surface area contributed by atoms with Crippen LogP contribution in [-0.4, -0.2) is 25.0 Å². The molecule has 20 heavy (non-hydrogen) atoms. The number of carbonyl (C=O) groups excluding carboxylic acids is 2. The van der Waals surface area contributed by atoms with Crippen molar-refractivity contribution in [2.45, 2.75) is 19.8 Å². The molecule has 7 heteroatoms. The summed E-state index contributed by atoms with van der Waals surface area (Å²) in [6.45, 7) is 2.05. The van der Waals surface area contributed by atoms with Gasteiger partial charge in [-0.15, -0.1) is 0 Å². The molecule has 0 aliphatic carbocycles. The molecule has 0 saturated heterocycles. The van der Waals surface area contributed by atoms with Gasteiger partial charge in [0.05, 0.1) is 20.2 Å². The number of hydrogen-bond donors (Lipinski definition) is 0. The lowest BCUT2D eigenvalue weighted by molar-refractivity contribution is -0.144. The summed E-state index contributed by atoms with van der Waals surface area (Å²) >= 11 is 6.60. The monoisotopic (exact) mass is 614 g/mol. The van der Waals surface area contributed by atoms with Crippen LogP contribution in [0.15, 0.2) is 12.1 Å². The standard InChI is InChI=1S/C13H13I3O4/c1-2-19-12(18)4-3-9(17)7-20-13-10(15)5-8(14)6-11(13)16/h5-6H,2-4,7H2,1H3. The first-order chi connectivity index (χ1) is 9.43. The van der Waals surface area contributed by atoms with Gasteiger partial charge in [-0.1, -0.05) is 0 Å². The van der Waals surface area contributed by atoms with Gasteiger partial charge < -0.3 is 9.47 Å². The van der Waals surface area contributed by atoms with Crippen molar-refractivity contribution >= 4 is 79.5 Å². The molecule has 0 amide bonds. The lowest BCUT2D eigenvalue weighted by atomic mass is 10.2. The van der Waals surface area contributed by atoms with Crippen molar-refractivity contribution in [2.75, 3.05) is 13.2 Å². The van der Waals surface area contributed by atoms with E-state index >= 15 is 0 Å². The Kier molecular flexibility index (Phi) is 8.63. The number of ether oxygens (including phenoxy) is 2. The molecule has 0 radical (unpaired) electrons. The Morgan fingerprint density at radius 3 is 2.25 bits per heavy atom. The van der Waals surface area contributed by atoms with E-state index in [1.165, 1.54) is 0 Å². The highest BCUT2D eigenvalue weighted by Gasteiger charge is 2.12. The Morgan fingerprint density at radius 1 is 1.10 bits per heavy atom. The molecule has 0 unspecified atom stereocenters. The summed E-state index contributed by atoms with van der Waals surface area (Å²) < 4.78 is 13.4. The third-order valence-electron chi connectivity index (χ3n) is 2.25. The van der Waals surface area contributed by atoms with Gasteiger partial charge in [0.1, 0.15) is 12.4 Å². The zero-order valence-corrected chi connectivity index (χ0v) is 17.2. The normalized spacial score (nSPS) is 10.2. The van der Waals surface area contributed by atoms with Crippen LogP contribution in [0, 0.1) is 10.7 Å². The molecule has 4 nitrogen and oxygen atoms in total. The van der Waals surface area contributed by atoms with Crippen molar-refractivity contribution in [3.8, 4) is 5.75 Å². The molecule has 0 heterocycles. The smallest absolute Gasteiger partial charge is 0.306 e. The van der Waals surface area contributed by atoms with Gasteiger partial charge in [-0.3, -0.25) is 9.59 Å². The second-order valence-corrected chi connectivity index (χ2v) is 7.40. The molecule has 0 saturated carbocycles. The van der Waals surface area contributed by atoms with Crippen LogP contribution in [0.25, 0.3) is 0 Å². The van der Waals surface area contributed by atoms with Crippen molar-refractivity contribution in [2.24, 2.45) is 0 Å². The molecule has 110 valence electrons. The van der Waals surface area contributed by atoms with E-state index in [-0.39, 0.29) is 31.2 Å². The molecule has 0 fully saturated rings. The maximum absolute atomic E-state index is 11.7. The van der Waals surface area contributed by atoms with Crippen molar-refractivity contribution in [1.29, 1.82) is 0 Å². The van der Waals surface area contributed by atoms with E-state index in [1.54, 1.807) is 6.92 Å². The van der Waals surface area contributed by atoms with Gasteiger partial charge in [0.15, 0.2) is 5.78 Å². The average Bonchev–Trinajstić information content (AvgIpc) is 2.35. The van der Waals surface area contributed by atoms with Gasteiger partial charge in [-0.25, -0.2) is 0 Å². The molecule has 0 atom stereocenters. The number of Topliss-reactive ketones (excluding diaryl/α,β-unsaturated/α-hetero) is 1. The molecule has 1 aromatic rings. The van der Waals surface area contributed by atoms with Gasteiger partial charge in [-0.2, -0.15) is 0 Å². The fourth-order valence-corrected chi connectivity index (χ4v) is 5.26. The van der Waals surface area contributed by atoms with Crippen LogP contribution in [0.4, 0.5) is 0 Å². The Morgan fingerprint density at radius 2 is 1.70 bits per heavy atom. The van der Waals surface area contributed by atoms with Crippen LogP contribution in [0.1, 0.15) is 19.8 Å². The predicted molar refractivity (Wildman–Crippen MR) is 101 cm³/mol. The number of esters is 1. The van der Waals surface area contributed by atoms with E-state index in [4.69, 9.17) is 9.47 Å². The molecule has 1 rings (SSSR count). The van der Waals surface area contributed by atoms with E-state index in [0.29, 0.717) is 6.61 Å². The molecule has 0 spiro atoms. The maximum atomic E-state index is 11.7. The van der Waals surface area contributed by atoms with Crippen molar-refractivity contribution in [1.82, 2.24) is 0 Å². The van der Waals surface area contributed by atoms with Gasteiger partial charge in [0.25, 0.3) is 0 Å². The molecule has 0 aromatic heterocycles. The second-order valence-electron chi connectivity index (χ2n) is 3.83. The third kappa shape index (κ3) is 6.41. The SMILES string of the molecule is CCOC(=O)CCC(=O)COc1c(I)cc(I)cc1I. The Labute approximate surface area is 158 Å². The third-order valence-corrected chi connectivity index (χ3v) is 4.48. The van der Waals surface area contributed by atoms with Crippen molar-refractivity contribution in [3.63, 3.8) is 0 Å². The first-order valence-electron chi connectivity index (χ1n) is 5.88. The highest BCUT2D eigenvalue weighted by Crippen LogP contribution is 2.29. The number of rotatable bonds is 7. The van der Waals surface area contributed by atoms with Crippen LogP contribution in [0.5, 0.6) is 5.75 Å². The largest absolute Gasteiger partial charge is 0.484 e. The van der Waals surface area contributed by atoms with E-state index < -0.39 is 0 Å². The average molecular weight is 614 g/mol. The first-order valence-corrected chi connectivity index (χ1v) is 9.12. The zero-order chi connectivity index (χ0) is 15.1. The van der Waals surface area contributed by atoms with Crippen LogP contribution in [0.3, 0.4) is 0 Å². The van der Waals surface area contributed by atoms with E-state index in [0.717, 1.165) is 16.5 Å². The van der Waals surface area contributed by atoms with Gasteiger partial charge in [0, 0.05) is 9.99 Å². The van der Waals surface area contributed by atoms with E-state index in [9.17, 15) is 9.59 Å². The number of carbonyl (C=O) groups is 2. The second kappa shape index (κ2) is 9.38. The lowest BCUT2D eigenvalue weighted by Crippen LogP contribution is -2.15. The number of halogens is 3. The summed E-state index contributed by atoms with van der Waals surface area (Å²) in [5.41, 5.74) is 0. The summed E-state index contributed by atoms with van der Waals surface area (Å²) in [5, 5.41) is 0. The number of hydrogen-bond acceptors (Lipinski definition) is 4. The number of ketones is 1. The van der Waals surface area contributed by atoms with Crippen LogP contribution in [0.2, 0.25) is 0 Å². The Hall–Kier alpha value is 0.350. The van der Waals surface area contributed by atoms with Gasteiger partial charge in [0.2, 0.25) is 0 Å². The van der Waals surface area contributed by atoms with E-state index in [1.807, 2.05) is 12.1 Å². The lowest BCUT2D eigenvalue weighted by Gasteiger charge is -2.10. The fraction of sp³-hybridized carbons (Fsp3) is 0.385. The predicted octanol–water partition coefficient (Wildman–Crippen LogP) is 3.79. The quantitative estimate of drug-likeness (QED) is 0.347. The highest BCUT2D eigenvalue weighted by atomic mass is 127. The number of benzene rings is 1. The maximum Gasteiger partial charge on any atom is 0.306 e. The van der Waals surface area contributed by atoms with Crippen molar-refractivity contribution in [3.05, 3.63) is 22.8 Å². The minimum Gasteiger partial charge on any atom is -0.484 e. The molecule has 1 aromatic carbocycles. The Bertz CT molecular complexity index is 479. The summed E-state index contributed by atoms with van der Waals surface area (Å²) in [5.74, 6) is 0.263. The summed E-state index contributed by atoms with van der Waals surface area (Å²) in [7, 11) is 0. The zero-order valence-electron chi connectivity index (χ0n) is 10.8. The molecule has 0 aliphatic rings. The molecular formula is C13H13I3O4. The van der Waals surface area contributed by atoms with Gasteiger partial charge in [-0.05, 0) is 86.8 Å². The van der Waals surface area contributed by atoms with Crippen LogP contribution < -0.4 is 4.74 Å². The molecule has 0 N–H and O–H groups in total. The van der Waals surface area contributed by atoms with Gasteiger partial charge >= 0.3 is 5.97 Å². The highest BCUT2D eigenvalue weighted by molar-refractivity contribution is 14.1. The Balaban J connectivity index is 2.47. The topological polar surface area (TPSA) is 52.6 Å². The fourth-order valence-electron chi connectivity index (χ4n) is 1.37. The van der Waals surface area contributed by atoms with Crippen LogP contribution in [-0.2, 0) is 14.3 Å². The summed E-state index contributed by atoms with van der Waals surface area (Å²) in [4.78, 5) is 22.8.